The molecule has 0 bridgehead atoms. The van der Waals surface area contributed by atoms with Gasteiger partial charge in [0, 0.05) is 17.6 Å². The minimum Gasteiger partial charge on any atom is -0.351 e. The highest BCUT2D eigenvalue weighted by atomic mass is 35.5. The Labute approximate surface area is 140 Å². The Morgan fingerprint density at radius 1 is 1.48 bits per heavy atom. The summed E-state index contributed by atoms with van der Waals surface area (Å²) in [5.74, 6) is -0.482. The van der Waals surface area contributed by atoms with Gasteiger partial charge in [-0.25, -0.2) is 12.8 Å². The molecule has 1 atom stereocenters. The number of amides is 1. The first kappa shape index (κ1) is 18.2. The second-order valence-corrected chi connectivity index (χ2v) is 8.34. The molecule has 1 amide bonds. The SMILES string of the molecule is CCN(CC(=O)N[C@H]1CCS(=O)(=O)C1)Cc1ccc(F)cc1Cl. The Bertz CT molecular complexity index is 681. The van der Waals surface area contributed by atoms with E-state index in [0.717, 1.165) is 5.56 Å². The Hall–Kier alpha value is -1.18. The van der Waals surface area contributed by atoms with Crippen LogP contribution in [-0.4, -0.2) is 49.9 Å². The maximum atomic E-state index is 13.1. The van der Waals surface area contributed by atoms with Crippen molar-refractivity contribution in [2.75, 3.05) is 24.6 Å². The number of halogens is 2. The normalized spacial score (nSPS) is 19.9. The monoisotopic (exact) mass is 362 g/mol. The molecule has 1 aromatic carbocycles. The molecule has 1 fully saturated rings. The van der Waals surface area contributed by atoms with Crippen LogP contribution in [0.25, 0.3) is 0 Å². The van der Waals surface area contributed by atoms with Crippen LogP contribution >= 0.6 is 11.6 Å². The molecule has 1 heterocycles. The Kier molecular flexibility index (Phi) is 6.00. The van der Waals surface area contributed by atoms with E-state index in [4.69, 9.17) is 11.6 Å². The quantitative estimate of drug-likeness (QED) is 0.834. The molecule has 0 unspecified atom stereocenters. The molecule has 128 valence electrons. The zero-order chi connectivity index (χ0) is 17.0. The lowest BCUT2D eigenvalue weighted by molar-refractivity contribution is -0.122. The predicted molar refractivity (Wildman–Crippen MR) is 87.6 cm³/mol. The molecular weight excluding hydrogens is 343 g/mol. The summed E-state index contributed by atoms with van der Waals surface area (Å²) in [4.78, 5) is 13.9. The molecule has 0 saturated carbocycles. The van der Waals surface area contributed by atoms with Gasteiger partial charge in [-0.2, -0.15) is 0 Å². The maximum Gasteiger partial charge on any atom is 0.234 e. The van der Waals surface area contributed by atoms with Gasteiger partial charge in [0.1, 0.15) is 5.82 Å². The Morgan fingerprint density at radius 2 is 2.22 bits per heavy atom. The molecule has 1 N–H and O–H groups in total. The van der Waals surface area contributed by atoms with E-state index in [0.29, 0.717) is 24.5 Å². The summed E-state index contributed by atoms with van der Waals surface area (Å²) in [5.41, 5.74) is 0.742. The minimum absolute atomic E-state index is 0.00859. The molecule has 23 heavy (non-hydrogen) atoms. The van der Waals surface area contributed by atoms with Gasteiger partial charge < -0.3 is 5.32 Å². The number of carbonyl (C=O) groups excluding carboxylic acids is 1. The Balaban J connectivity index is 1.90. The fourth-order valence-corrected chi connectivity index (χ4v) is 4.46. The van der Waals surface area contributed by atoms with Crippen molar-refractivity contribution in [3.05, 3.63) is 34.6 Å². The molecule has 1 aliphatic heterocycles. The maximum absolute atomic E-state index is 13.1. The van der Waals surface area contributed by atoms with Crippen LogP contribution in [0.5, 0.6) is 0 Å². The summed E-state index contributed by atoms with van der Waals surface area (Å²) in [7, 11) is -3.01. The number of nitrogens with one attached hydrogen (secondary N) is 1. The van der Waals surface area contributed by atoms with E-state index in [-0.39, 0.29) is 30.0 Å². The number of sulfone groups is 1. The predicted octanol–water partition coefficient (Wildman–Crippen LogP) is 1.60. The van der Waals surface area contributed by atoms with Crippen molar-refractivity contribution in [1.29, 1.82) is 0 Å². The van der Waals surface area contributed by atoms with Gasteiger partial charge in [-0.3, -0.25) is 9.69 Å². The van der Waals surface area contributed by atoms with Crippen molar-refractivity contribution < 1.29 is 17.6 Å². The fraction of sp³-hybridized carbons (Fsp3) is 0.533. The van der Waals surface area contributed by atoms with Crippen molar-refractivity contribution in [1.82, 2.24) is 10.2 Å². The third-order valence-corrected chi connectivity index (χ3v) is 5.94. The van der Waals surface area contributed by atoms with Gasteiger partial charge in [0.25, 0.3) is 0 Å². The summed E-state index contributed by atoms with van der Waals surface area (Å²) < 4.78 is 35.9. The molecule has 0 aromatic heterocycles. The standard InChI is InChI=1S/C15H20ClFN2O3S/c1-2-19(8-11-3-4-12(17)7-14(11)16)9-15(20)18-13-5-6-23(21,22)10-13/h3-4,7,13H,2,5-6,8-10H2,1H3,(H,18,20)/t13-/m0/s1. The first-order chi connectivity index (χ1) is 10.8. The smallest absolute Gasteiger partial charge is 0.234 e. The number of hydrogen-bond acceptors (Lipinski definition) is 4. The van der Waals surface area contributed by atoms with Gasteiger partial charge in [0.15, 0.2) is 9.84 Å². The largest absolute Gasteiger partial charge is 0.351 e. The molecule has 0 aliphatic carbocycles. The first-order valence-electron chi connectivity index (χ1n) is 7.45. The zero-order valence-corrected chi connectivity index (χ0v) is 14.5. The summed E-state index contributed by atoms with van der Waals surface area (Å²) in [6, 6.07) is 3.87. The lowest BCUT2D eigenvalue weighted by Crippen LogP contribution is -2.42. The molecular formula is C15H20ClFN2O3S. The molecule has 1 aliphatic rings. The molecule has 0 radical (unpaired) electrons. The van der Waals surface area contributed by atoms with Crippen LogP contribution in [0.2, 0.25) is 5.02 Å². The van der Waals surface area contributed by atoms with Crippen molar-refractivity contribution in [2.24, 2.45) is 0 Å². The topological polar surface area (TPSA) is 66.5 Å². The van der Waals surface area contributed by atoms with Crippen LogP contribution in [0.15, 0.2) is 18.2 Å². The Morgan fingerprint density at radius 3 is 2.78 bits per heavy atom. The molecule has 2 rings (SSSR count). The summed E-state index contributed by atoms with van der Waals surface area (Å²) in [5, 5.41) is 3.08. The minimum atomic E-state index is -3.01. The number of hydrogen-bond donors (Lipinski definition) is 1. The number of nitrogens with zero attached hydrogens (tertiary/aromatic N) is 1. The van der Waals surface area contributed by atoms with Gasteiger partial charge in [-0.05, 0) is 30.7 Å². The van der Waals surface area contributed by atoms with E-state index in [9.17, 15) is 17.6 Å². The van der Waals surface area contributed by atoms with Crippen molar-refractivity contribution in [3.8, 4) is 0 Å². The lowest BCUT2D eigenvalue weighted by Gasteiger charge is -2.21. The average Bonchev–Trinajstić information content (AvgIpc) is 2.79. The van der Waals surface area contributed by atoms with Crippen molar-refractivity contribution in [2.45, 2.75) is 25.9 Å². The first-order valence-corrected chi connectivity index (χ1v) is 9.65. The number of rotatable bonds is 6. The van der Waals surface area contributed by atoms with E-state index in [1.807, 2.05) is 11.8 Å². The van der Waals surface area contributed by atoms with Crippen LogP contribution in [0, 0.1) is 5.82 Å². The van der Waals surface area contributed by atoms with Gasteiger partial charge in [-0.1, -0.05) is 24.6 Å². The van der Waals surface area contributed by atoms with E-state index in [1.54, 1.807) is 6.07 Å². The highest BCUT2D eigenvalue weighted by Gasteiger charge is 2.29. The third kappa shape index (κ3) is 5.44. The number of likely N-dealkylation sites (N-methyl/N-ethyl adjacent to an activating group) is 1. The lowest BCUT2D eigenvalue weighted by atomic mass is 10.2. The van der Waals surface area contributed by atoms with E-state index < -0.39 is 15.7 Å². The van der Waals surface area contributed by atoms with Gasteiger partial charge in [0.2, 0.25) is 5.91 Å². The van der Waals surface area contributed by atoms with Gasteiger partial charge >= 0.3 is 0 Å². The molecule has 1 saturated heterocycles. The summed E-state index contributed by atoms with van der Waals surface area (Å²) >= 11 is 6.00. The second-order valence-electron chi connectivity index (χ2n) is 5.71. The van der Waals surface area contributed by atoms with Crippen LogP contribution in [0.4, 0.5) is 4.39 Å². The number of carbonyl (C=O) groups is 1. The molecule has 1 aromatic rings. The highest BCUT2D eigenvalue weighted by Crippen LogP contribution is 2.19. The summed E-state index contributed by atoms with van der Waals surface area (Å²) in [6.45, 7) is 3.08. The highest BCUT2D eigenvalue weighted by molar-refractivity contribution is 7.91. The zero-order valence-electron chi connectivity index (χ0n) is 12.9. The van der Waals surface area contributed by atoms with E-state index >= 15 is 0 Å². The van der Waals surface area contributed by atoms with Crippen LogP contribution in [0.3, 0.4) is 0 Å². The van der Waals surface area contributed by atoms with Crippen molar-refractivity contribution in [3.63, 3.8) is 0 Å². The second kappa shape index (κ2) is 7.59. The van der Waals surface area contributed by atoms with Crippen LogP contribution < -0.4 is 5.32 Å². The molecule has 0 spiro atoms. The van der Waals surface area contributed by atoms with E-state index in [2.05, 4.69) is 5.32 Å². The molecule has 5 nitrogen and oxygen atoms in total. The third-order valence-electron chi connectivity index (χ3n) is 3.82. The van der Waals surface area contributed by atoms with Crippen molar-refractivity contribution >= 4 is 27.3 Å². The fourth-order valence-electron chi connectivity index (χ4n) is 2.56. The van der Waals surface area contributed by atoms with Crippen LogP contribution in [0.1, 0.15) is 18.9 Å². The van der Waals surface area contributed by atoms with Crippen LogP contribution in [-0.2, 0) is 21.2 Å². The van der Waals surface area contributed by atoms with E-state index in [1.165, 1.54) is 12.1 Å². The average molecular weight is 363 g/mol. The van der Waals surface area contributed by atoms with Gasteiger partial charge in [-0.15, -0.1) is 0 Å². The summed E-state index contributed by atoms with van der Waals surface area (Å²) in [6.07, 6.45) is 0.462. The van der Waals surface area contributed by atoms with Gasteiger partial charge in [0.05, 0.1) is 18.1 Å². The number of benzene rings is 1. The molecule has 8 heteroatoms.